The van der Waals surface area contributed by atoms with Crippen molar-refractivity contribution >= 4 is 0 Å². The smallest absolute Gasteiger partial charge is 0.00415 e. The standard InChI is InChI=1S/C9H17N/c1-6(10)9-5-7-2-3-8(9)4-7/h6-9H,2-5,10H2,1H3/t6-,7-,8-,9-/m0/s1. The van der Waals surface area contributed by atoms with Gasteiger partial charge in [-0.15, -0.1) is 0 Å². The molecule has 2 aliphatic rings. The van der Waals surface area contributed by atoms with Gasteiger partial charge in [0.15, 0.2) is 0 Å². The Morgan fingerprint density at radius 3 is 2.40 bits per heavy atom. The summed E-state index contributed by atoms with van der Waals surface area (Å²) in [4.78, 5) is 0. The Morgan fingerprint density at radius 2 is 2.10 bits per heavy atom. The summed E-state index contributed by atoms with van der Waals surface area (Å²) in [5.74, 6) is 2.93. The SMILES string of the molecule is C[C@H](N)[C@@H]1C[C@H]2CC[C@H]1C2. The third-order valence-electron chi connectivity index (χ3n) is 3.47. The highest BCUT2D eigenvalue weighted by Gasteiger charge is 2.40. The normalized spacial score (nSPS) is 48.0. The van der Waals surface area contributed by atoms with Crippen molar-refractivity contribution in [2.75, 3.05) is 0 Å². The molecule has 58 valence electrons. The highest BCUT2D eigenvalue weighted by molar-refractivity contribution is 4.92. The van der Waals surface area contributed by atoms with Crippen molar-refractivity contribution in [3.8, 4) is 0 Å². The molecule has 2 bridgehead atoms. The second-order valence-corrected chi connectivity index (χ2v) is 4.20. The summed E-state index contributed by atoms with van der Waals surface area (Å²) < 4.78 is 0. The quantitative estimate of drug-likeness (QED) is 0.588. The Hall–Kier alpha value is -0.0400. The van der Waals surface area contributed by atoms with E-state index in [0.717, 1.165) is 17.8 Å². The molecule has 0 aliphatic heterocycles. The van der Waals surface area contributed by atoms with Gasteiger partial charge in [0, 0.05) is 6.04 Å². The molecule has 2 fully saturated rings. The lowest BCUT2D eigenvalue weighted by molar-refractivity contribution is 0.293. The fraction of sp³-hybridized carbons (Fsp3) is 1.00. The predicted molar refractivity (Wildman–Crippen MR) is 42.6 cm³/mol. The lowest BCUT2D eigenvalue weighted by Crippen LogP contribution is -2.30. The Bertz CT molecular complexity index is 131. The van der Waals surface area contributed by atoms with Crippen LogP contribution in [0, 0.1) is 17.8 Å². The molecule has 0 unspecified atom stereocenters. The largest absolute Gasteiger partial charge is 0.328 e. The van der Waals surface area contributed by atoms with Crippen LogP contribution in [0.25, 0.3) is 0 Å². The van der Waals surface area contributed by atoms with Gasteiger partial charge in [-0.05, 0) is 43.9 Å². The van der Waals surface area contributed by atoms with E-state index in [-0.39, 0.29) is 0 Å². The summed E-state index contributed by atoms with van der Waals surface area (Å²) in [6.07, 6.45) is 5.89. The molecule has 2 saturated carbocycles. The van der Waals surface area contributed by atoms with Crippen LogP contribution in [0.1, 0.15) is 32.6 Å². The molecule has 2 N–H and O–H groups in total. The van der Waals surface area contributed by atoms with Gasteiger partial charge in [0.2, 0.25) is 0 Å². The summed E-state index contributed by atoms with van der Waals surface area (Å²) in [5, 5.41) is 0. The van der Waals surface area contributed by atoms with Crippen LogP contribution in [-0.4, -0.2) is 6.04 Å². The van der Waals surface area contributed by atoms with Gasteiger partial charge in [-0.2, -0.15) is 0 Å². The molecule has 10 heavy (non-hydrogen) atoms. The highest BCUT2D eigenvalue weighted by Crippen LogP contribution is 2.49. The monoisotopic (exact) mass is 139 g/mol. The Morgan fingerprint density at radius 1 is 1.30 bits per heavy atom. The van der Waals surface area contributed by atoms with Gasteiger partial charge in [-0.1, -0.05) is 6.42 Å². The zero-order valence-corrected chi connectivity index (χ0v) is 6.72. The van der Waals surface area contributed by atoms with E-state index in [1.807, 2.05) is 0 Å². The maximum atomic E-state index is 5.88. The van der Waals surface area contributed by atoms with Crippen molar-refractivity contribution in [3.63, 3.8) is 0 Å². The van der Waals surface area contributed by atoms with Crippen molar-refractivity contribution in [3.05, 3.63) is 0 Å². The molecule has 0 heterocycles. The first-order valence-corrected chi connectivity index (χ1v) is 4.53. The molecular weight excluding hydrogens is 122 g/mol. The first-order chi connectivity index (χ1) is 4.77. The number of hydrogen-bond acceptors (Lipinski definition) is 1. The topological polar surface area (TPSA) is 26.0 Å². The van der Waals surface area contributed by atoms with Crippen LogP contribution in [0.3, 0.4) is 0 Å². The zero-order valence-electron chi connectivity index (χ0n) is 6.72. The average Bonchev–Trinajstić information content (AvgIpc) is 2.44. The molecule has 0 aromatic carbocycles. The number of hydrogen-bond donors (Lipinski definition) is 1. The van der Waals surface area contributed by atoms with Crippen LogP contribution in [0.15, 0.2) is 0 Å². The second kappa shape index (κ2) is 2.23. The average molecular weight is 139 g/mol. The summed E-state index contributed by atoms with van der Waals surface area (Å²) in [6, 6.07) is 0.454. The number of nitrogens with two attached hydrogens (primary N) is 1. The maximum Gasteiger partial charge on any atom is 0.00415 e. The van der Waals surface area contributed by atoms with Gasteiger partial charge >= 0.3 is 0 Å². The third-order valence-corrected chi connectivity index (χ3v) is 3.47. The Kier molecular flexibility index (Phi) is 1.48. The molecule has 0 amide bonds. The molecule has 0 spiro atoms. The van der Waals surface area contributed by atoms with E-state index in [9.17, 15) is 0 Å². The van der Waals surface area contributed by atoms with E-state index in [0.29, 0.717) is 6.04 Å². The van der Waals surface area contributed by atoms with Gasteiger partial charge in [-0.3, -0.25) is 0 Å². The molecule has 0 radical (unpaired) electrons. The minimum atomic E-state index is 0.454. The number of rotatable bonds is 1. The zero-order chi connectivity index (χ0) is 7.14. The number of fused-ring (bicyclic) bond motifs is 2. The van der Waals surface area contributed by atoms with Crippen LogP contribution < -0.4 is 5.73 Å². The molecule has 1 heteroatoms. The van der Waals surface area contributed by atoms with Gasteiger partial charge in [0.25, 0.3) is 0 Å². The van der Waals surface area contributed by atoms with Crippen molar-refractivity contribution < 1.29 is 0 Å². The molecule has 0 aromatic heterocycles. The molecule has 4 atom stereocenters. The second-order valence-electron chi connectivity index (χ2n) is 4.20. The van der Waals surface area contributed by atoms with Crippen LogP contribution in [0.2, 0.25) is 0 Å². The molecule has 0 aromatic rings. The lowest BCUT2D eigenvalue weighted by Gasteiger charge is -2.24. The van der Waals surface area contributed by atoms with Crippen molar-refractivity contribution in [2.45, 2.75) is 38.6 Å². The van der Waals surface area contributed by atoms with Crippen LogP contribution in [-0.2, 0) is 0 Å². The van der Waals surface area contributed by atoms with Crippen molar-refractivity contribution in [1.29, 1.82) is 0 Å². The summed E-state index contributed by atoms with van der Waals surface area (Å²) >= 11 is 0. The van der Waals surface area contributed by atoms with E-state index in [4.69, 9.17) is 5.73 Å². The molecule has 0 saturated heterocycles. The summed E-state index contributed by atoms with van der Waals surface area (Å²) in [7, 11) is 0. The van der Waals surface area contributed by atoms with Gasteiger partial charge in [-0.25, -0.2) is 0 Å². The van der Waals surface area contributed by atoms with E-state index >= 15 is 0 Å². The fourth-order valence-corrected chi connectivity index (χ4v) is 2.94. The highest BCUT2D eigenvalue weighted by atomic mass is 14.7. The molecule has 2 rings (SSSR count). The summed E-state index contributed by atoms with van der Waals surface area (Å²) in [6.45, 7) is 2.17. The first-order valence-electron chi connectivity index (χ1n) is 4.53. The van der Waals surface area contributed by atoms with E-state index in [1.54, 1.807) is 0 Å². The van der Waals surface area contributed by atoms with Gasteiger partial charge in [0.1, 0.15) is 0 Å². The third kappa shape index (κ3) is 0.878. The minimum absolute atomic E-state index is 0.454. The minimum Gasteiger partial charge on any atom is -0.328 e. The lowest BCUT2D eigenvalue weighted by atomic mass is 9.84. The van der Waals surface area contributed by atoms with Gasteiger partial charge in [0.05, 0.1) is 0 Å². The van der Waals surface area contributed by atoms with Crippen LogP contribution in [0.4, 0.5) is 0 Å². The van der Waals surface area contributed by atoms with Crippen molar-refractivity contribution in [1.82, 2.24) is 0 Å². The van der Waals surface area contributed by atoms with Gasteiger partial charge < -0.3 is 5.73 Å². The van der Waals surface area contributed by atoms with Crippen LogP contribution >= 0.6 is 0 Å². The van der Waals surface area contributed by atoms with E-state index in [1.165, 1.54) is 25.7 Å². The Balaban J connectivity index is 2.02. The molecule has 1 nitrogen and oxygen atoms in total. The summed E-state index contributed by atoms with van der Waals surface area (Å²) in [5.41, 5.74) is 5.88. The molecular formula is C9H17N. The maximum absolute atomic E-state index is 5.88. The van der Waals surface area contributed by atoms with E-state index in [2.05, 4.69) is 6.92 Å². The Labute approximate surface area is 63.0 Å². The molecule has 2 aliphatic carbocycles. The van der Waals surface area contributed by atoms with Crippen molar-refractivity contribution in [2.24, 2.45) is 23.5 Å². The first kappa shape index (κ1) is 6.66. The predicted octanol–water partition coefficient (Wildman–Crippen LogP) is 1.77. The van der Waals surface area contributed by atoms with E-state index < -0.39 is 0 Å². The fourth-order valence-electron chi connectivity index (χ4n) is 2.94. The van der Waals surface area contributed by atoms with Crippen LogP contribution in [0.5, 0.6) is 0 Å².